The van der Waals surface area contributed by atoms with Crippen LogP contribution < -0.4 is 9.47 Å². The second-order valence-electron chi connectivity index (χ2n) is 8.84. The lowest BCUT2D eigenvalue weighted by molar-refractivity contribution is 0.310. The van der Waals surface area contributed by atoms with Crippen LogP contribution in [0.1, 0.15) is 30.9 Å². The van der Waals surface area contributed by atoms with E-state index in [1.54, 1.807) is 20.3 Å². The van der Waals surface area contributed by atoms with Gasteiger partial charge >= 0.3 is 0 Å². The Kier molecular flexibility index (Phi) is 7.97. The largest absolute Gasteiger partial charge is 0.493 e. The van der Waals surface area contributed by atoms with Gasteiger partial charge in [-0.2, -0.15) is 8.42 Å². The van der Waals surface area contributed by atoms with E-state index >= 15 is 0 Å². The fraction of sp³-hybridized carbons (Fsp3) is 0.267. The van der Waals surface area contributed by atoms with Crippen LogP contribution in [0.5, 0.6) is 11.5 Å². The highest BCUT2D eigenvalue weighted by atomic mass is 32.2. The molecule has 0 spiro atoms. The lowest BCUT2D eigenvalue weighted by Gasteiger charge is -2.18. The van der Waals surface area contributed by atoms with Gasteiger partial charge in [-0.3, -0.25) is 4.18 Å². The van der Waals surface area contributed by atoms with Crippen LogP contribution in [-0.2, 0) is 27.3 Å². The average Bonchev–Trinajstić information content (AvgIpc) is 2.89. The average molecular weight is 505 g/mol. The number of benzene rings is 4. The third-order valence-electron chi connectivity index (χ3n) is 6.31. The van der Waals surface area contributed by atoms with Crippen molar-refractivity contribution >= 4 is 20.9 Å². The van der Waals surface area contributed by atoms with Gasteiger partial charge in [0.2, 0.25) is 0 Å². The summed E-state index contributed by atoms with van der Waals surface area (Å²) >= 11 is 0. The van der Waals surface area contributed by atoms with Crippen molar-refractivity contribution in [3.05, 3.63) is 83.9 Å². The smallest absolute Gasteiger partial charge is 0.264 e. The molecule has 0 atom stereocenters. The van der Waals surface area contributed by atoms with Crippen LogP contribution in [0.3, 0.4) is 0 Å². The number of rotatable bonds is 10. The predicted octanol–water partition coefficient (Wildman–Crippen LogP) is 7.01. The van der Waals surface area contributed by atoms with Gasteiger partial charge in [0.1, 0.15) is 0 Å². The molecule has 0 saturated heterocycles. The van der Waals surface area contributed by atoms with Crippen molar-refractivity contribution in [2.45, 2.75) is 32.8 Å². The Labute approximate surface area is 213 Å². The highest BCUT2D eigenvalue weighted by Gasteiger charge is 2.19. The van der Waals surface area contributed by atoms with Crippen LogP contribution in [0.15, 0.2) is 72.8 Å². The Hall–Kier alpha value is -3.35. The van der Waals surface area contributed by atoms with Gasteiger partial charge in [0.15, 0.2) is 11.5 Å². The molecule has 6 heteroatoms. The fourth-order valence-corrected chi connectivity index (χ4v) is 4.84. The van der Waals surface area contributed by atoms with E-state index in [2.05, 4.69) is 61.5 Å². The van der Waals surface area contributed by atoms with Crippen molar-refractivity contribution in [3.63, 3.8) is 0 Å². The summed E-state index contributed by atoms with van der Waals surface area (Å²) in [7, 11) is -0.455. The Bertz CT molecular complexity index is 1460. The maximum atomic E-state index is 11.7. The van der Waals surface area contributed by atoms with E-state index in [0.29, 0.717) is 17.1 Å². The van der Waals surface area contributed by atoms with Crippen molar-refractivity contribution in [1.82, 2.24) is 0 Å². The van der Waals surface area contributed by atoms with E-state index in [1.165, 1.54) is 29.5 Å². The van der Waals surface area contributed by atoms with Crippen molar-refractivity contribution in [2.75, 3.05) is 20.5 Å². The first kappa shape index (κ1) is 25.7. The van der Waals surface area contributed by atoms with E-state index < -0.39 is 10.1 Å². The molecule has 0 radical (unpaired) electrons. The van der Waals surface area contributed by atoms with E-state index in [9.17, 15) is 8.42 Å². The highest BCUT2D eigenvalue weighted by molar-refractivity contribution is 7.85. The summed E-state index contributed by atoms with van der Waals surface area (Å²) in [6.45, 7) is 2.11. The zero-order valence-corrected chi connectivity index (χ0v) is 22.0. The van der Waals surface area contributed by atoms with E-state index in [1.807, 2.05) is 12.1 Å². The van der Waals surface area contributed by atoms with E-state index in [0.717, 1.165) is 34.6 Å². The lowest BCUT2D eigenvalue weighted by Crippen LogP contribution is -2.05. The molecule has 0 bridgehead atoms. The standard InChI is InChI=1S/C30H32O5S/c1-5-6-8-21-11-13-22(14-12-21)26-10-7-9-23-19-24(15-17-27(23)26)29-25(20-35-36(4,31)32)16-18-28(33-2)30(29)34-3/h7,9-19H,5-6,8,20H2,1-4H3. The zero-order valence-electron chi connectivity index (χ0n) is 21.2. The van der Waals surface area contributed by atoms with E-state index in [-0.39, 0.29) is 6.61 Å². The van der Waals surface area contributed by atoms with Crippen molar-refractivity contribution < 1.29 is 22.1 Å². The summed E-state index contributed by atoms with van der Waals surface area (Å²) in [5.41, 5.74) is 6.02. The van der Waals surface area contributed by atoms with Crippen LogP contribution in [0.25, 0.3) is 33.0 Å². The molecule has 4 aromatic carbocycles. The zero-order chi connectivity index (χ0) is 25.7. The number of hydrogen-bond donors (Lipinski definition) is 0. The number of aryl methyl sites for hydroxylation is 1. The molecular weight excluding hydrogens is 472 g/mol. The topological polar surface area (TPSA) is 61.8 Å². The predicted molar refractivity (Wildman–Crippen MR) is 146 cm³/mol. The summed E-state index contributed by atoms with van der Waals surface area (Å²) in [5, 5.41) is 2.21. The molecule has 36 heavy (non-hydrogen) atoms. The van der Waals surface area contributed by atoms with Crippen molar-refractivity contribution in [1.29, 1.82) is 0 Å². The maximum Gasteiger partial charge on any atom is 0.264 e. The molecule has 4 rings (SSSR count). The molecule has 4 aromatic rings. The summed E-state index contributed by atoms with van der Waals surface area (Å²) in [5.74, 6) is 1.10. The van der Waals surface area contributed by atoms with Gasteiger partial charge in [-0.15, -0.1) is 0 Å². The van der Waals surface area contributed by atoms with Gasteiger partial charge < -0.3 is 9.47 Å². The SMILES string of the molecule is CCCCc1ccc(-c2cccc3cc(-c4c(COS(C)(=O)=O)ccc(OC)c4OC)ccc23)cc1. The minimum absolute atomic E-state index is 0.100. The first-order valence-corrected chi connectivity index (χ1v) is 13.9. The number of ether oxygens (including phenoxy) is 2. The molecule has 0 fully saturated rings. The fourth-order valence-electron chi connectivity index (χ4n) is 4.50. The number of fused-ring (bicyclic) bond motifs is 1. The van der Waals surface area contributed by atoms with Gasteiger partial charge in [-0.25, -0.2) is 0 Å². The monoisotopic (exact) mass is 504 g/mol. The van der Waals surface area contributed by atoms with Crippen molar-refractivity contribution in [2.24, 2.45) is 0 Å². The first-order valence-electron chi connectivity index (χ1n) is 12.0. The van der Waals surface area contributed by atoms with Crippen LogP contribution in [-0.4, -0.2) is 28.9 Å². The van der Waals surface area contributed by atoms with Gasteiger partial charge in [-0.1, -0.05) is 74.0 Å². The molecule has 0 saturated carbocycles. The Morgan fingerprint density at radius 1 is 0.833 bits per heavy atom. The third kappa shape index (κ3) is 5.72. The Balaban J connectivity index is 1.80. The lowest BCUT2D eigenvalue weighted by atomic mass is 9.92. The minimum Gasteiger partial charge on any atom is -0.493 e. The molecule has 0 aliphatic heterocycles. The van der Waals surface area contributed by atoms with Crippen LogP contribution in [0.4, 0.5) is 0 Å². The molecule has 0 amide bonds. The molecule has 5 nitrogen and oxygen atoms in total. The molecule has 0 heterocycles. The Morgan fingerprint density at radius 2 is 1.58 bits per heavy atom. The molecule has 0 aliphatic carbocycles. The van der Waals surface area contributed by atoms with Gasteiger partial charge in [0, 0.05) is 5.56 Å². The van der Waals surface area contributed by atoms with Crippen molar-refractivity contribution in [3.8, 4) is 33.8 Å². The molecule has 0 N–H and O–H groups in total. The summed E-state index contributed by atoms with van der Waals surface area (Å²) in [6, 6.07) is 24.9. The van der Waals surface area contributed by atoms with Crippen LogP contribution in [0.2, 0.25) is 0 Å². The van der Waals surface area contributed by atoms with Gasteiger partial charge in [0.05, 0.1) is 27.1 Å². The summed E-state index contributed by atoms with van der Waals surface area (Å²) < 4.78 is 39.7. The summed E-state index contributed by atoms with van der Waals surface area (Å²) in [4.78, 5) is 0. The molecule has 0 aliphatic rings. The second-order valence-corrected chi connectivity index (χ2v) is 10.5. The first-order chi connectivity index (χ1) is 17.3. The second kappa shape index (κ2) is 11.1. The molecule has 188 valence electrons. The molecule has 0 aromatic heterocycles. The molecular formula is C30H32O5S. The molecule has 0 unspecified atom stereocenters. The van der Waals surface area contributed by atoms with Crippen LogP contribution in [0, 0.1) is 0 Å². The summed E-state index contributed by atoms with van der Waals surface area (Å²) in [6.07, 6.45) is 4.53. The number of methoxy groups -OCH3 is 2. The van der Waals surface area contributed by atoms with Crippen LogP contribution >= 0.6 is 0 Å². The normalized spacial score (nSPS) is 11.6. The Morgan fingerprint density at radius 3 is 2.25 bits per heavy atom. The van der Waals surface area contributed by atoms with E-state index in [4.69, 9.17) is 13.7 Å². The third-order valence-corrected chi connectivity index (χ3v) is 6.86. The van der Waals surface area contributed by atoms with Gasteiger partial charge in [0.25, 0.3) is 10.1 Å². The number of unbranched alkanes of at least 4 members (excludes halogenated alkanes) is 1. The number of hydrogen-bond acceptors (Lipinski definition) is 5. The minimum atomic E-state index is -3.61. The highest BCUT2D eigenvalue weighted by Crippen LogP contribution is 2.42. The van der Waals surface area contributed by atoms with Gasteiger partial charge in [-0.05, 0) is 63.6 Å². The maximum absolute atomic E-state index is 11.7. The quantitative estimate of drug-likeness (QED) is 0.217.